The maximum absolute atomic E-state index is 11.6. The van der Waals surface area contributed by atoms with Gasteiger partial charge in [-0.05, 0) is 60.6 Å². The number of benzene rings is 1. The van der Waals surface area contributed by atoms with E-state index in [4.69, 9.17) is 4.74 Å². The van der Waals surface area contributed by atoms with Gasteiger partial charge in [-0.25, -0.2) is 4.79 Å². The fourth-order valence-corrected chi connectivity index (χ4v) is 1.79. The van der Waals surface area contributed by atoms with E-state index in [1.165, 1.54) is 0 Å². The first-order valence-corrected chi connectivity index (χ1v) is 6.62. The maximum atomic E-state index is 11.6. The van der Waals surface area contributed by atoms with Crippen molar-refractivity contribution in [2.45, 2.75) is 32.8 Å². The Morgan fingerprint density at radius 1 is 1.41 bits per heavy atom. The van der Waals surface area contributed by atoms with Crippen LogP contribution < -0.4 is 0 Å². The predicted octanol–water partition coefficient (Wildman–Crippen LogP) is 4.04. The molecule has 0 fully saturated rings. The number of carbonyl (C=O) groups is 1. The zero-order valence-corrected chi connectivity index (χ0v) is 12.6. The predicted molar refractivity (Wildman–Crippen MR) is 77.7 cm³/mol. The molecule has 0 saturated carbocycles. The number of esters is 1. The molecule has 0 heterocycles. The first-order valence-electron chi connectivity index (χ1n) is 5.54. The topological polar surface area (TPSA) is 26.3 Å². The Kier molecular flexibility index (Phi) is 4.74. The van der Waals surface area contributed by atoms with Crippen LogP contribution in [0.2, 0.25) is 0 Å². The van der Waals surface area contributed by atoms with Gasteiger partial charge in [-0.2, -0.15) is 0 Å². The molecule has 0 aliphatic rings. The molecule has 1 aromatic carbocycles. The summed E-state index contributed by atoms with van der Waals surface area (Å²) < 4.78 is 6.70. The third-order valence-electron chi connectivity index (χ3n) is 2.80. The number of ether oxygens (including phenoxy) is 1. The Morgan fingerprint density at radius 2 is 1.94 bits per heavy atom. The molecular weight excluding hydrogens is 327 g/mol. The first-order chi connectivity index (χ1) is 7.89. The second-order valence-corrected chi connectivity index (χ2v) is 5.51. The summed E-state index contributed by atoms with van der Waals surface area (Å²) in [6.45, 7) is 9.19. The minimum Gasteiger partial charge on any atom is -0.451 e. The van der Waals surface area contributed by atoms with Gasteiger partial charge in [0, 0.05) is 9.14 Å². The summed E-state index contributed by atoms with van der Waals surface area (Å²) in [5, 5.41) is 0. The minimum atomic E-state index is -0.583. The van der Waals surface area contributed by atoms with Gasteiger partial charge in [-0.1, -0.05) is 25.6 Å². The van der Waals surface area contributed by atoms with Gasteiger partial charge >= 0.3 is 5.97 Å². The molecule has 0 spiro atoms. The maximum Gasteiger partial charge on any atom is 0.333 e. The molecule has 0 bridgehead atoms. The van der Waals surface area contributed by atoms with Crippen molar-refractivity contribution in [2.24, 2.45) is 0 Å². The van der Waals surface area contributed by atoms with Crippen LogP contribution in [0.1, 0.15) is 32.8 Å². The second kappa shape index (κ2) is 5.67. The highest BCUT2D eigenvalue weighted by Crippen LogP contribution is 2.30. The molecule has 17 heavy (non-hydrogen) atoms. The highest BCUT2D eigenvalue weighted by molar-refractivity contribution is 14.1. The molecule has 0 aliphatic heterocycles. The molecule has 1 unspecified atom stereocenters. The van der Waals surface area contributed by atoms with Crippen LogP contribution in [0.15, 0.2) is 36.4 Å². The fraction of sp³-hybridized carbons (Fsp3) is 0.357. The Labute approximate surface area is 116 Å². The van der Waals surface area contributed by atoms with E-state index in [-0.39, 0.29) is 5.97 Å². The zero-order valence-electron chi connectivity index (χ0n) is 10.4. The van der Waals surface area contributed by atoms with Gasteiger partial charge < -0.3 is 4.74 Å². The molecule has 1 atom stereocenters. The largest absolute Gasteiger partial charge is 0.451 e. The number of hydrogen-bond donors (Lipinski definition) is 0. The van der Waals surface area contributed by atoms with Crippen molar-refractivity contribution < 1.29 is 9.53 Å². The molecular formula is C14H17IO2. The van der Waals surface area contributed by atoms with Crippen LogP contribution in [0.5, 0.6) is 0 Å². The zero-order chi connectivity index (χ0) is 13.1. The smallest absolute Gasteiger partial charge is 0.333 e. The van der Waals surface area contributed by atoms with Crippen molar-refractivity contribution in [3.05, 3.63) is 45.6 Å². The number of carbonyl (C=O) groups excluding carboxylic acids is 1. The number of halogens is 1. The molecule has 0 radical (unpaired) electrons. The normalized spacial score (nSPS) is 13.9. The van der Waals surface area contributed by atoms with Crippen LogP contribution in [-0.4, -0.2) is 5.97 Å². The molecule has 3 heteroatoms. The quantitative estimate of drug-likeness (QED) is 0.468. The van der Waals surface area contributed by atoms with Gasteiger partial charge in [0.25, 0.3) is 0 Å². The molecule has 0 aliphatic carbocycles. The van der Waals surface area contributed by atoms with Gasteiger partial charge in [0.1, 0.15) is 5.60 Å². The van der Waals surface area contributed by atoms with E-state index in [1.807, 2.05) is 38.1 Å². The van der Waals surface area contributed by atoms with Crippen LogP contribution >= 0.6 is 22.6 Å². The molecule has 92 valence electrons. The van der Waals surface area contributed by atoms with E-state index >= 15 is 0 Å². The minimum absolute atomic E-state index is 0.340. The average Bonchev–Trinajstić information content (AvgIpc) is 2.29. The van der Waals surface area contributed by atoms with Crippen molar-refractivity contribution >= 4 is 28.6 Å². The molecule has 1 aromatic rings. The first kappa shape index (κ1) is 14.2. The van der Waals surface area contributed by atoms with Gasteiger partial charge in [-0.15, -0.1) is 0 Å². The lowest BCUT2D eigenvalue weighted by atomic mass is 9.93. The summed E-state index contributed by atoms with van der Waals surface area (Å²) in [5.74, 6) is -0.340. The van der Waals surface area contributed by atoms with Crippen molar-refractivity contribution in [1.29, 1.82) is 0 Å². The summed E-state index contributed by atoms with van der Waals surface area (Å²) in [6, 6.07) is 8.02. The Balaban J connectivity index is 2.99. The molecule has 0 aromatic heterocycles. The van der Waals surface area contributed by atoms with E-state index in [2.05, 4.69) is 29.2 Å². The van der Waals surface area contributed by atoms with Crippen LogP contribution in [0.4, 0.5) is 0 Å². The second-order valence-electron chi connectivity index (χ2n) is 4.26. The Morgan fingerprint density at radius 3 is 2.35 bits per heavy atom. The SMILES string of the molecule is C=C(C)C(=O)OC(C)(CC)c1ccc(I)cc1. The van der Waals surface area contributed by atoms with E-state index < -0.39 is 5.60 Å². The van der Waals surface area contributed by atoms with Crippen LogP contribution in [0.3, 0.4) is 0 Å². The standard InChI is InChI=1S/C14H17IO2/c1-5-14(4,17-13(16)10(2)3)11-6-8-12(15)9-7-11/h6-9H,2,5H2,1,3-4H3. The van der Waals surface area contributed by atoms with Crippen LogP contribution in [0.25, 0.3) is 0 Å². The monoisotopic (exact) mass is 344 g/mol. The van der Waals surface area contributed by atoms with Crippen molar-refractivity contribution in [1.82, 2.24) is 0 Å². The number of hydrogen-bond acceptors (Lipinski definition) is 2. The Bertz CT molecular complexity index is 422. The molecule has 0 N–H and O–H groups in total. The molecule has 2 nitrogen and oxygen atoms in total. The van der Waals surface area contributed by atoms with Crippen LogP contribution in [-0.2, 0) is 15.1 Å². The molecule has 0 amide bonds. The van der Waals surface area contributed by atoms with Crippen molar-refractivity contribution in [3.63, 3.8) is 0 Å². The summed E-state index contributed by atoms with van der Waals surface area (Å²) in [6.07, 6.45) is 0.729. The molecule has 0 saturated heterocycles. The lowest BCUT2D eigenvalue weighted by molar-refractivity contribution is -0.154. The summed E-state index contributed by atoms with van der Waals surface area (Å²) >= 11 is 2.25. The van der Waals surface area contributed by atoms with Crippen molar-refractivity contribution in [3.8, 4) is 0 Å². The van der Waals surface area contributed by atoms with Crippen molar-refractivity contribution in [2.75, 3.05) is 0 Å². The summed E-state index contributed by atoms with van der Waals surface area (Å²) in [7, 11) is 0. The van der Waals surface area contributed by atoms with Gasteiger partial charge in [0.2, 0.25) is 0 Å². The third kappa shape index (κ3) is 3.56. The highest BCUT2D eigenvalue weighted by Gasteiger charge is 2.29. The van der Waals surface area contributed by atoms with Gasteiger partial charge in [0.15, 0.2) is 0 Å². The summed E-state index contributed by atoms with van der Waals surface area (Å²) in [5.41, 5.74) is 0.852. The van der Waals surface area contributed by atoms with E-state index in [0.29, 0.717) is 5.57 Å². The van der Waals surface area contributed by atoms with E-state index in [1.54, 1.807) is 6.92 Å². The van der Waals surface area contributed by atoms with Gasteiger partial charge in [0.05, 0.1) is 0 Å². The molecule has 1 rings (SSSR count). The average molecular weight is 344 g/mol. The lowest BCUT2D eigenvalue weighted by Gasteiger charge is -2.29. The van der Waals surface area contributed by atoms with Gasteiger partial charge in [-0.3, -0.25) is 0 Å². The number of rotatable bonds is 4. The summed E-state index contributed by atoms with van der Waals surface area (Å²) in [4.78, 5) is 11.6. The fourth-order valence-electron chi connectivity index (χ4n) is 1.43. The van der Waals surface area contributed by atoms with E-state index in [9.17, 15) is 4.79 Å². The van der Waals surface area contributed by atoms with Crippen LogP contribution in [0, 0.1) is 3.57 Å². The lowest BCUT2D eigenvalue weighted by Crippen LogP contribution is -2.28. The third-order valence-corrected chi connectivity index (χ3v) is 3.52. The Hall–Kier alpha value is -0.840. The highest BCUT2D eigenvalue weighted by atomic mass is 127. The van der Waals surface area contributed by atoms with E-state index in [0.717, 1.165) is 15.6 Å².